The molecule has 0 bridgehead atoms. The molecule has 0 spiro atoms. The van der Waals surface area contributed by atoms with Gasteiger partial charge in [-0.1, -0.05) is 11.8 Å². The Balaban J connectivity index is 1.81. The van der Waals surface area contributed by atoms with Gasteiger partial charge in [0.25, 0.3) is 0 Å². The minimum absolute atomic E-state index is 0.0102. The second-order valence-electron chi connectivity index (χ2n) is 3.94. The third-order valence-corrected chi connectivity index (χ3v) is 3.63. The minimum atomic E-state index is -0.845. The van der Waals surface area contributed by atoms with E-state index in [1.807, 2.05) is 4.57 Å². The molecular formula is C10H16N4O3S. The van der Waals surface area contributed by atoms with Crippen LogP contribution in [0.15, 0.2) is 11.5 Å². The van der Waals surface area contributed by atoms with Gasteiger partial charge in [0.1, 0.15) is 6.33 Å². The van der Waals surface area contributed by atoms with Crippen LogP contribution in [0.4, 0.5) is 0 Å². The average Bonchev–Trinajstić information content (AvgIpc) is 2.82. The number of rotatable bonds is 6. The van der Waals surface area contributed by atoms with Crippen LogP contribution in [0.3, 0.4) is 0 Å². The highest BCUT2D eigenvalue weighted by Gasteiger charge is 2.12. The Hall–Kier alpha value is -1.12. The van der Waals surface area contributed by atoms with Gasteiger partial charge in [-0.2, -0.15) is 0 Å². The number of ether oxygens (including phenoxy) is 1. The summed E-state index contributed by atoms with van der Waals surface area (Å²) in [6, 6.07) is 0. The minimum Gasteiger partial charge on any atom is -0.481 e. The van der Waals surface area contributed by atoms with Gasteiger partial charge in [0.2, 0.25) is 0 Å². The fourth-order valence-electron chi connectivity index (χ4n) is 1.71. The molecule has 2 rings (SSSR count). The number of hydrogen-bond acceptors (Lipinski definition) is 6. The number of aliphatic carboxylic acids is 1. The lowest BCUT2D eigenvalue weighted by atomic mass is 10.4. The molecule has 18 heavy (non-hydrogen) atoms. The van der Waals surface area contributed by atoms with Crippen molar-refractivity contribution >= 4 is 17.7 Å². The van der Waals surface area contributed by atoms with Gasteiger partial charge in [-0.3, -0.25) is 9.69 Å². The van der Waals surface area contributed by atoms with Gasteiger partial charge >= 0.3 is 5.97 Å². The summed E-state index contributed by atoms with van der Waals surface area (Å²) < 4.78 is 7.17. The van der Waals surface area contributed by atoms with Gasteiger partial charge in [-0.05, 0) is 0 Å². The molecule has 0 unspecified atom stereocenters. The van der Waals surface area contributed by atoms with E-state index in [2.05, 4.69) is 15.1 Å². The van der Waals surface area contributed by atoms with Crippen LogP contribution in [0.2, 0.25) is 0 Å². The summed E-state index contributed by atoms with van der Waals surface area (Å²) in [5, 5.41) is 17.0. The maximum Gasteiger partial charge on any atom is 0.313 e. The molecule has 100 valence electrons. The molecule has 1 aromatic heterocycles. The molecule has 1 aromatic rings. The number of carboxylic acid groups (broad SMARTS) is 1. The molecule has 1 N–H and O–H groups in total. The molecule has 0 radical (unpaired) electrons. The first-order valence-electron chi connectivity index (χ1n) is 5.78. The van der Waals surface area contributed by atoms with Crippen molar-refractivity contribution in [1.29, 1.82) is 0 Å². The first-order chi connectivity index (χ1) is 8.75. The Morgan fingerprint density at radius 2 is 2.22 bits per heavy atom. The van der Waals surface area contributed by atoms with E-state index in [4.69, 9.17) is 9.84 Å². The summed E-state index contributed by atoms with van der Waals surface area (Å²) in [7, 11) is 0. The SMILES string of the molecule is O=C(O)CSc1nncn1CCN1CCOCC1. The molecular weight excluding hydrogens is 256 g/mol. The summed E-state index contributed by atoms with van der Waals surface area (Å²) in [6.07, 6.45) is 1.64. The maximum atomic E-state index is 10.5. The third-order valence-electron chi connectivity index (χ3n) is 2.67. The number of aromatic nitrogens is 3. The average molecular weight is 272 g/mol. The van der Waals surface area contributed by atoms with Crippen molar-refractivity contribution in [3.63, 3.8) is 0 Å². The monoisotopic (exact) mass is 272 g/mol. The van der Waals surface area contributed by atoms with Crippen LogP contribution in [0.25, 0.3) is 0 Å². The molecule has 8 heteroatoms. The highest BCUT2D eigenvalue weighted by atomic mass is 32.2. The zero-order chi connectivity index (χ0) is 12.8. The second kappa shape index (κ2) is 6.72. The van der Waals surface area contributed by atoms with Crippen molar-refractivity contribution in [3.05, 3.63) is 6.33 Å². The molecule has 1 aliphatic rings. The Labute approximate surface area is 109 Å². The lowest BCUT2D eigenvalue weighted by Gasteiger charge is -2.26. The third kappa shape index (κ3) is 3.97. The van der Waals surface area contributed by atoms with Crippen molar-refractivity contribution in [2.45, 2.75) is 11.7 Å². The fourth-order valence-corrected chi connectivity index (χ4v) is 2.37. The number of hydrogen-bond donors (Lipinski definition) is 1. The van der Waals surface area contributed by atoms with Crippen molar-refractivity contribution in [1.82, 2.24) is 19.7 Å². The number of carboxylic acids is 1. The van der Waals surface area contributed by atoms with E-state index in [0.29, 0.717) is 5.16 Å². The fraction of sp³-hybridized carbons (Fsp3) is 0.700. The van der Waals surface area contributed by atoms with Crippen molar-refractivity contribution in [3.8, 4) is 0 Å². The molecule has 0 amide bonds. The van der Waals surface area contributed by atoms with Crippen LogP contribution >= 0.6 is 11.8 Å². The Bertz CT molecular complexity index is 392. The van der Waals surface area contributed by atoms with E-state index in [1.54, 1.807) is 6.33 Å². The summed E-state index contributed by atoms with van der Waals surface area (Å²) >= 11 is 1.20. The first kappa shape index (κ1) is 13.3. The van der Waals surface area contributed by atoms with Gasteiger partial charge in [0, 0.05) is 26.2 Å². The quantitative estimate of drug-likeness (QED) is 0.717. The van der Waals surface area contributed by atoms with Crippen LogP contribution in [0.1, 0.15) is 0 Å². The molecule has 2 heterocycles. The van der Waals surface area contributed by atoms with E-state index >= 15 is 0 Å². The summed E-state index contributed by atoms with van der Waals surface area (Å²) in [5.41, 5.74) is 0. The Morgan fingerprint density at radius 1 is 1.44 bits per heavy atom. The van der Waals surface area contributed by atoms with Gasteiger partial charge in [0.15, 0.2) is 5.16 Å². The molecule has 1 fully saturated rings. The lowest BCUT2D eigenvalue weighted by molar-refractivity contribution is -0.133. The predicted molar refractivity (Wildman–Crippen MR) is 65.6 cm³/mol. The molecule has 7 nitrogen and oxygen atoms in total. The van der Waals surface area contributed by atoms with Crippen LogP contribution in [0.5, 0.6) is 0 Å². The molecule has 1 aliphatic heterocycles. The first-order valence-corrected chi connectivity index (χ1v) is 6.77. The zero-order valence-corrected chi connectivity index (χ0v) is 10.8. The van der Waals surface area contributed by atoms with Crippen LogP contribution in [-0.4, -0.2) is 69.3 Å². The zero-order valence-electron chi connectivity index (χ0n) is 9.99. The van der Waals surface area contributed by atoms with E-state index in [0.717, 1.165) is 39.4 Å². The summed E-state index contributed by atoms with van der Waals surface area (Å²) in [6.45, 7) is 5.13. The number of morpholine rings is 1. The lowest BCUT2D eigenvalue weighted by Crippen LogP contribution is -2.38. The highest BCUT2D eigenvalue weighted by Crippen LogP contribution is 2.14. The molecule has 0 saturated carbocycles. The largest absolute Gasteiger partial charge is 0.481 e. The molecule has 0 aromatic carbocycles. The van der Waals surface area contributed by atoms with Gasteiger partial charge in [-0.15, -0.1) is 10.2 Å². The number of nitrogens with zero attached hydrogens (tertiary/aromatic N) is 4. The number of carbonyl (C=O) groups is 1. The Kier molecular flexibility index (Phi) is 4.97. The standard InChI is InChI=1S/C10H16N4O3S/c15-9(16)7-18-10-12-11-8-14(10)2-1-13-3-5-17-6-4-13/h8H,1-7H2,(H,15,16). The number of thioether (sulfide) groups is 1. The van der Waals surface area contributed by atoms with Gasteiger partial charge < -0.3 is 14.4 Å². The van der Waals surface area contributed by atoms with Crippen molar-refractivity contribution in [2.75, 3.05) is 38.6 Å². The van der Waals surface area contributed by atoms with E-state index in [-0.39, 0.29) is 5.75 Å². The summed E-state index contributed by atoms with van der Waals surface area (Å²) in [4.78, 5) is 12.8. The molecule has 0 atom stereocenters. The normalized spacial score (nSPS) is 16.9. The van der Waals surface area contributed by atoms with Crippen LogP contribution in [-0.2, 0) is 16.1 Å². The van der Waals surface area contributed by atoms with Crippen LogP contribution in [0, 0.1) is 0 Å². The summed E-state index contributed by atoms with van der Waals surface area (Å²) in [5.74, 6) is -0.835. The van der Waals surface area contributed by atoms with Gasteiger partial charge in [-0.25, -0.2) is 0 Å². The van der Waals surface area contributed by atoms with Gasteiger partial charge in [0.05, 0.1) is 19.0 Å². The van der Waals surface area contributed by atoms with Crippen LogP contribution < -0.4 is 0 Å². The van der Waals surface area contributed by atoms with E-state index < -0.39 is 5.97 Å². The highest BCUT2D eigenvalue weighted by molar-refractivity contribution is 7.99. The Morgan fingerprint density at radius 3 is 2.94 bits per heavy atom. The molecule has 1 saturated heterocycles. The van der Waals surface area contributed by atoms with Crippen molar-refractivity contribution < 1.29 is 14.6 Å². The van der Waals surface area contributed by atoms with E-state index in [9.17, 15) is 4.79 Å². The van der Waals surface area contributed by atoms with E-state index in [1.165, 1.54) is 11.8 Å². The van der Waals surface area contributed by atoms with Crippen molar-refractivity contribution in [2.24, 2.45) is 0 Å². The maximum absolute atomic E-state index is 10.5. The molecule has 0 aliphatic carbocycles. The smallest absolute Gasteiger partial charge is 0.313 e. The topological polar surface area (TPSA) is 80.5 Å². The predicted octanol–water partition coefficient (Wildman–Crippen LogP) is -0.213. The second-order valence-corrected chi connectivity index (χ2v) is 4.89.